The number of alkyl halides is 3. The van der Waals surface area contributed by atoms with Crippen LogP contribution in [0.4, 0.5) is 17.6 Å². The molecule has 2 aliphatic rings. The summed E-state index contributed by atoms with van der Waals surface area (Å²) in [5, 5.41) is 3.76. The van der Waals surface area contributed by atoms with Gasteiger partial charge < -0.3 is 14.8 Å². The topological polar surface area (TPSA) is 37.3 Å². The number of benzene rings is 1. The number of carbonyl (C=O) groups is 1. The molecule has 0 unspecified atom stereocenters. The van der Waals surface area contributed by atoms with Crippen molar-refractivity contribution in [2.24, 2.45) is 0 Å². The van der Waals surface area contributed by atoms with Crippen LogP contribution in [0.1, 0.15) is 37.2 Å². The van der Waals surface area contributed by atoms with Crippen LogP contribution < -0.4 is 5.32 Å². The molecule has 0 radical (unpaired) electrons. The van der Waals surface area contributed by atoms with Crippen LogP contribution in [-0.2, 0) is 11.3 Å². The summed E-state index contributed by atoms with van der Waals surface area (Å²) in [4.78, 5) is 13.6. The van der Waals surface area contributed by atoms with Gasteiger partial charge in [-0.05, 0) is 62.4 Å². The van der Waals surface area contributed by atoms with E-state index in [9.17, 15) is 22.4 Å². The van der Waals surface area contributed by atoms with Crippen molar-refractivity contribution in [2.45, 2.75) is 50.4 Å². The highest BCUT2D eigenvalue weighted by Crippen LogP contribution is 2.36. The second-order valence-corrected chi connectivity index (χ2v) is 7.66. The Bertz CT molecular complexity index is 870. The van der Waals surface area contributed by atoms with E-state index in [2.05, 4.69) is 5.32 Å². The molecule has 4 nitrogen and oxygen atoms in total. The lowest BCUT2D eigenvalue weighted by molar-refractivity contribution is -0.182. The van der Waals surface area contributed by atoms with Gasteiger partial charge >= 0.3 is 6.18 Å². The summed E-state index contributed by atoms with van der Waals surface area (Å²) < 4.78 is 55.8. The molecule has 152 valence electrons. The monoisotopic (exact) mass is 397 g/mol. The molecule has 3 heterocycles. The molecule has 1 atom stereocenters. The molecule has 1 amide bonds. The van der Waals surface area contributed by atoms with Gasteiger partial charge in [0.1, 0.15) is 18.4 Å². The van der Waals surface area contributed by atoms with E-state index in [1.165, 1.54) is 6.07 Å². The molecule has 1 aromatic carbocycles. The van der Waals surface area contributed by atoms with Crippen molar-refractivity contribution in [3.05, 3.63) is 35.8 Å². The zero-order valence-electron chi connectivity index (χ0n) is 15.4. The van der Waals surface area contributed by atoms with E-state index in [1.54, 1.807) is 22.9 Å². The molecule has 1 aromatic heterocycles. The van der Waals surface area contributed by atoms with Gasteiger partial charge in [0.15, 0.2) is 0 Å². The maximum atomic E-state index is 14.6. The van der Waals surface area contributed by atoms with E-state index >= 15 is 0 Å². The SMILES string of the molecule is O=C(Cn1cc(C2CCNCC2)c2c(F)cccc21)N1CCC[C@H]1C(F)(F)F. The molecular weight excluding hydrogens is 374 g/mol. The quantitative estimate of drug-likeness (QED) is 0.800. The number of likely N-dealkylation sites (tertiary alicyclic amines) is 1. The number of carbonyl (C=O) groups excluding carboxylic acids is 1. The van der Waals surface area contributed by atoms with Crippen molar-refractivity contribution in [2.75, 3.05) is 19.6 Å². The number of nitrogens with zero attached hydrogens (tertiary/aromatic N) is 2. The van der Waals surface area contributed by atoms with Crippen molar-refractivity contribution in [1.29, 1.82) is 0 Å². The Morgan fingerprint density at radius 3 is 2.64 bits per heavy atom. The molecule has 0 saturated carbocycles. The lowest BCUT2D eigenvalue weighted by Crippen LogP contribution is -2.45. The Labute approximate surface area is 160 Å². The third kappa shape index (κ3) is 3.50. The predicted octanol–water partition coefficient (Wildman–Crippen LogP) is 3.80. The Morgan fingerprint density at radius 2 is 1.93 bits per heavy atom. The number of fused-ring (bicyclic) bond motifs is 1. The van der Waals surface area contributed by atoms with Crippen molar-refractivity contribution in [3.63, 3.8) is 0 Å². The Hall–Kier alpha value is -2.09. The smallest absolute Gasteiger partial charge is 0.338 e. The van der Waals surface area contributed by atoms with Crippen molar-refractivity contribution in [1.82, 2.24) is 14.8 Å². The van der Waals surface area contributed by atoms with E-state index in [-0.39, 0.29) is 31.2 Å². The summed E-state index contributed by atoms with van der Waals surface area (Å²) in [5.74, 6) is -0.754. The number of piperidine rings is 1. The molecule has 4 rings (SSSR count). The molecule has 8 heteroatoms. The van der Waals surface area contributed by atoms with Gasteiger partial charge in [0.2, 0.25) is 5.91 Å². The first-order valence-corrected chi connectivity index (χ1v) is 9.70. The standard InChI is InChI=1S/C20H23F4N3O/c21-15-3-1-4-16-19(15)14(13-6-8-25-9-7-13)11-26(16)12-18(28)27-10-2-5-17(27)20(22,23)24/h1,3-4,11,13,17,25H,2,5-10,12H2/t17-/m0/s1. The van der Waals surface area contributed by atoms with Crippen LogP contribution in [0, 0.1) is 5.82 Å². The average Bonchev–Trinajstić information content (AvgIpc) is 3.29. The molecule has 28 heavy (non-hydrogen) atoms. The van der Waals surface area contributed by atoms with E-state index < -0.39 is 18.1 Å². The van der Waals surface area contributed by atoms with Crippen molar-refractivity contribution < 1.29 is 22.4 Å². The molecule has 0 bridgehead atoms. The second kappa shape index (κ2) is 7.39. The van der Waals surface area contributed by atoms with Crippen LogP contribution in [0.2, 0.25) is 0 Å². The minimum Gasteiger partial charge on any atom is -0.338 e. The number of hydrogen-bond donors (Lipinski definition) is 1. The second-order valence-electron chi connectivity index (χ2n) is 7.66. The summed E-state index contributed by atoms with van der Waals surface area (Å²) in [5.41, 5.74) is 1.40. The minimum absolute atomic E-state index is 0.0589. The highest BCUT2D eigenvalue weighted by Gasteiger charge is 2.47. The number of aromatic nitrogens is 1. The molecule has 0 aliphatic carbocycles. The predicted molar refractivity (Wildman–Crippen MR) is 97.5 cm³/mol. The molecular formula is C20H23F4N3O. The summed E-state index contributed by atoms with van der Waals surface area (Å²) in [6.45, 7) is 1.58. The van der Waals surface area contributed by atoms with Crippen LogP contribution in [0.15, 0.2) is 24.4 Å². The van der Waals surface area contributed by atoms with Gasteiger partial charge in [0.05, 0.1) is 5.52 Å². The van der Waals surface area contributed by atoms with Gasteiger partial charge in [-0.15, -0.1) is 0 Å². The van der Waals surface area contributed by atoms with E-state index in [0.29, 0.717) is 17.3 Å². The summed E-state index contributed by atoms with van der Waals surface area (Å²) in [6, 6.07) is 2.96. The minimum atomic E-state index is -4.42. The molecule has 1 N–H and O–H groups in total. The van der Waals surface area contributed by atoms with Crippen molar-refractivity contribution in [3.8, 4) is 0 Å². The van der Waals surface area contributed by atoms with Crippen molar-refractivity contribution >= 4 is 16.8 Å². The Kier molecular flexibility index (Phi) is 5.07. The summed E-state index contributed by atoms with van der Waals surface area (Å²) in [6.07, 6.45) is -0.640. The summed E-state index contributed by atoms with van der Waals surface area (Å²) >= 11 is 0. The molecule has 2 saturated heterocycles. The Morgan fingerprint density at radius 1 is 1.18 bits per heavy atom. The third-order valence-corrected chi connectivity index (χ3v) is 5.92. The van der Waals surface area contributed by atoms with Gasteiger partial charge in [-0.2, -0.15) is 13.2 Å². The van der Waals surface area contributed by atoms with Crippen LogP contribution in [0.3, 0.4) is 0 Å². The van der Waals surface area contributed by atoms with Gasteiger partial charge in [0.25, 0.3) is 0 Å². The first-order valence-electron chi connectivity index (χ1n) is 9.70. The van der Waals surface area contributed by atoms with Crippen LogP contribution in [-0.4, -0.2) is 47.2 Å². The molecule has 2 fully saturated rings. The fraction of sp³-hybridized carbons (Fsp3) is 0.550. The van der Waals surface area contributed by atoms with Gasteiger partial charge in [-0.25, -0.2) is 4.39 Å². The highest BCUT2D eigenvalue weighted by molar-refractivity contribution is 5.87. The summed E-state index contributed by atoms with van der Waals surface area (Å²) in [7, 11) is 0. The van der Waals surface area contributed by atoms with Crippen LogP contribution in [0.25, 0.3) is 10.9 Å². The number of amides is 1. The Balaban J connectivity index is 1.65. The van der Waals surface area contributed by atoms with Gasteiger partial charge in [-0.3, -0.25) is 4.79 Å². The molecule has 0 spiro atoms. The van der Waals surface area contributed by atoms with Gasteiger partial charge in [-0.1, -0.05) is 6.07 Å². The number of rotatable bonds is 3. The fourth-order valence-electron chi connectivity index (χ4n) is 4.56. The normalized spacial score (nSPS) is 21.6. The molecule has 2 aliphatic heterocycles. The van der Waals surface area contributed by atoms with Crippen LogP contribution >= 0.6 is 0 Å². The molecule has 2 aromatic rings. The fourth-order valence-corrected chi connectivity index (χ4v) is 4.56. The zero-order valence-corrected chi connectivity index (χ0v) is 15.4. The third-order valence-electron chi connectivity index (χ3n) is 5.92. The first-order chi connectivity index (χ1) is 13.4. The lowest BCUT2D eigenvalue weighted by Gasteiger charge is -2.26. The largest absolute Gasteiger partial charge is 0.408 e. The average molecular weight is 397 g/mol. The maximum absolute atomic E-state index is 14.6. The highest BCUT2D eigenvalue weighted by atomic mass is 19.4. The zero-order chi connectivity index (χ0) is 19.9. The van der Waals surface area contributed by atoms with E-state index in [0.717, 1.165) is 36.4 Å². The van der Waals surface area contributed by atoms with E-state index in [1.807, 2.05) is 0 Å². The van der Waals surface area contributed by atoms with Gasteiger partial charge in [0, 0.05) is 18.1 Å². The maximum Gasteiger partial charge on any atom is 0.408 e. The number of nitrogens with one attached hydrogen (secondary N) is 1. The number of halogens is 4. The van der Waals surface area contributed by atoms with Crippen LogP contribution in [0.5, 0.6) is 0 Å². The lowest BCUT2D eigenvalue weighted by atomic mass is 9.90. The number of hydrogen-bond acceptors (Lipinski definition) is 2. The van der Waals surface area contributed by atoms with E-state index in [4.69, 9.17) is 0 Å². The first kappa shape index (κ1) is 19.2.